The molecule has 1 atom stereocenters. The summed E-state index contributed by atoms with van der Waals surface area (Å²) < 4.78 is 5.63. The van der Waals surface area contributed by atoms with Crippen molar-refractivity contribution in [2.75, 3.05) is 26.2 Å². The minimum absolute atomic E-state index is 0.0499. The van der Waals surface area contributed by atoms with Gasteiger partial charge in [0.05, 0.1) is 0 Å². The fourth-order valence-electron chi connectivity index (χ4n) is 3.21. The van der Waals surface area contributed by atoms with Gasteiger partial charge in [-0.15, -0.1) is 0 Å². The Labute approximate surface area is 143 Å². The van der Waals surface area contributed by atoms with Crippen molar-refractivity contribution in [1.29, 1.82) is 0 Å². The van der Waals surface area contributed by atoms with Gasteiger partial charge in [-0.3, -0.25) is 4.79 Å². The van der Waals surface area contributed by atoms with Crippen LogP contribution in [0, 0.1) is 5.92 Å². The van der Waals surface area contributed by atoms with Crippen molar-refractivity contribution in [3.05, 3.63) is 42.5 Å². The second kappa shape index (κ2) is 7.67. The van der Waals surface area contributed by atoms with E-state index >= 15 is 0 Å². The van der Waals surface area contributed by atoms with Gasteiger partial charge in [-0.05, 0) is 55.6 Å². The van der Waals surface area contributed by atoms with Crippen molar-refractivity contribution in [1.82, 2.24) is 10.2 Å². The lowest BCUT2D eigenvalue weighted by atomic mass is 10.1. The van der Waals surface area contributed by atoms with Crippen LogP contribution in [0.3, 0.4) is 0 Å². The zero-order valence-electron chi connectivity index (χ0n) is 14.5. The van der Waals surface area contributed by atoms with E-state index < -0.39 is 0 Å². The molecule has 2 aromatic carbocycles. The number of benzene rings is 2. The second-order valence-electron chi connectivity index (χ2n) is 6.85. The fourth-order valence-corrected chi connectivity index (χ4v) is 3.21. The van der Waals surface area contributed by atoms with Gasteiger partial charge >= 0.3 is 0 Å². The Morgan fingerprint density at radius 1 is 1.25 bits per heavy atom. The molecule has 0 unspecified atom stereocenters. The number of likely N-dealkylation sites (tertiary alicyclic amines) is 1. The molecule has 0 aliphatic carbocycles. The molecule has 0 radical (unpaired) electrons. The standard InChI is InChI=1S/C20H26N2O2/c1-15(2)22-10-9-16(13-22)12-21-20(23)14-24-19-8-7-17-5-3-4-6-18(17)11-19/h3-8,11,15-16H,9-10,12-14H2,1-2H3,(H,21,23)/t16-/m1/s1. The van der Waals surface area contributed by atoms with Gasteiger partial charge in [0.2, 0.25) is 0 Å². The van der Waals surface area contributed by atoms with Crippen molar-refractivity contribution in [2.45, 2.75) is 26.3 Å². The highest BCUT2D eigenvalue weighted by atomic mass is 16.5. The van der Waals surface area contributed by atoms with Crippen LogP contribution in [0.1, 0.15) is 20.3 Å². The maximum Gasteiger partial charge on any atom is 0.257 e. The van der Waals surface area contributed by atoms with Crippen LogP contribution in [0.5, 0.6) is 5.75 Å². The summed E-state index contributed by atoms with van der Waals surface area (Å²) in [4.78, 5) is 14.5. The molecule has 1 heterocycles. The third-order valence-corrected chi connectivity index (χ3v) is 4.73. The molecule has 4 nitrogen and oxygen atoms in total. The van der Waals surface area contributed by atoms with E-state index in [1.54, 1.807) is 0 Å². The number of carbonyl (C=O) groups excluding carboxylic acids is 1. The lowest BCUT2D eigenvalue weighted by molar-refractivity contribution is -0.123. The van der Waals surface area contributed by atoms with Gasteiger partial charge in [0.15, 0.2) is 6.61 Å². The number of rotatable bonds is 6. The molecule has 0 spiro atoms. The van der Waals surface area contributed by atoms with E-state index in [0.717, 1.165) is 37.2 Å². The van der Waals surface area contributed by atoms with Crippen LogP contribution in [0.15, 0.2) is 42.5 Å². The van der Waals surface area contributed by atoms with Crippen LogP contribution in [0.2, 0.25) is 0 Å². The first-order valence-corrected chi connectivity index (χ1v) is 8.74. The van der Waals surface area contributed by atoms with E-state index in [0.29, 0.717) is 12.0 Å². The SMILES string of the molecule is CC(C)N1CC[C@H](CNC(=O)COc2ccc3ccccc3c2)C1. The highest BCUT2D eigenvalue weighted by Gasteiger charge is 2.24. The summed E-state index contributed by atoms with van der Waals surface area (Å²) in [6, 6.07) is 14.6. The number of ether oxygens (including phenoxy) is 1. The van der Waals surface area contributed by atoms with E-state index in [1.807, 2.05) is 36.4 Å². The summed E-state index contributed by atoms with van der Waals surface area (Å²) >= 11 is 0. The van der Waals surface area contributed by atoms with Crippen LogP contribution >= 0.6 is 0 Å². The largest absolute Gasteiger partial charge is 0.484 e. The summed E-state index contributed by atoms with van der Waals surface area (Å²) in [5.41, 5.74) is 0. The van der Waals surface area contributed by atoms with Crippen molar-refractivity contribution in [3.63, 3.8) is 0 Å². The highest BCUT2D eigenvalue weighted by molar-refractivity contribution is 5.84. The van der Waals surface area contributed by atoms with Crippen molar-refractivity contribution in [2.24, 2.45) is 5.92 Å². The van der Waals surface area contributed by atoms with Crippen LogP contribution in [0.25, 0.3) is 10.8 Å². The molecule has 0 bridgehead atoms. The Hall–Kier alpha value is -2.07. The molecule has 1 N–H and O–H groups in total. The van der Waals surface area contributed by atoms with Gasteiger partial charge < -0.3 is 15.0 Å². The van der Waals surface area contributed by atoms with Gasteiger partial charge in [0.1, 0.15) is 5.75 Å². The van der Waals surface area contributed by atoms with Gasteiger partial charge in [-0.2, -0.15) is 0 Å². The molecule has 1 aliphatic rings. The van der Waals surface area contributed by atoms with Crippen LogP contribution < -0.4 is 10.1 Å². The quantitative estimate of drug-likeness (QED) is 0.887. The van der Waals surface area contributed by atoms with Gasteiger partial charge in [0, 0.05) is 19.1 Å². The summed E-state index contributed by atoms with van der Waals surface area (Å²) in [5.74, 6) is 1.24. The Morgan fingerprint density at radius 2 is 2.04 bits per heavy atom. The summed E-state index contributed by atoms with van der Waals surface area (Å²) in [6.45, 7) is 7.45. The van der Waals surface area contributed by atoms with E-state index in [9.17, 15) is 4.79 Å². The smallest absolute Gasteiger partial charge is 0.257 e. The first kappa shape index (κ1) is 16.8. The normalized spacial score (nSPS) is 18.2. The van der Waals surface area contributed by atoms with Crippen molar-refractivity contribution >= 4 is 16.7 Å². The number of nitrogens with one attached hydrogen (secondary N) is 1. The molecular weight excluding hydrogens is 300 g/mol. The molecule has 1 aliphatic heterocycles. The average molecular weight is 326 g/mol. The minimum atomic E-state index is -0.0499. The Bertz CT molecular complexity index is 699. The predicted molar refractivity (Wildman–Crippen MR) is 97.3 cm³/mol. The molecule has 24 heavy (non-hydrogen) atoms. The molecule has 4 heteroatoms. The first-order valence-electron chi connectivity index (χ1n) is 8.74. The Kier molecular flexibility index (Phi) is 5.36. The third kappa shape index (κ3) is 4.26. The zero-order chi connectivity index (χ0) is 16.9. The van der Waals surface area contributed by atoms with Crippen LogP contribution in [0.4, 0.5) is 0 Å². The number of hydrogen-bond donors (Lipinski definition) is 1. The summed E-state index contributed by atoms with van der Waals surface area (Å²) in [5, 5.41) is 5.29. The van der Waals surface area contributed by atoms with E-state index in [1.165, 1.54) is 5.39 Å². The molecule has 0 saturated carbocycles. The minimum Gasteiger partial charge on any atom is -0.484 e. The molecule has 1 amide bonds. The summed E-state index contributed by atoms with van der Waals surface area (Å²) in [7, 11) is 0. The van der Waals surface area contributed by atoms with Crippen LogP contribution in [-0.2, 0) is 4.79 Å². The van der Waals surface area contributed by atoms with Gasteiger partial charge in [-0.1, -0.05) is 30.3 Å². The first-order chi connectivity index (χ1) is 11.6. The highest BCUT2D eigenvalue weighted by Crippen LogP contribution is 2.20. The van der Waals surface area contributed by atoms with Gasteiger partial charge in [0.25, 0.3) is 5.91 Å². The molecule has 1 saturated heterocycles. The lowest BCUT2D eigenvalue weighted by Crippen LogP contribution is -2.35. The van der Waals surface area contributed by atoms with Gasteiger partial charge in [-0.25, -0.2) is 0 Å². The third-order valence-electron chi connectivity index (χ3n) is 4.73. The maximum absolute atomic E-state index is 12.0. The number of hydrogen-bond acceptors (Lipinski definition) is 3. The topological polar surface area (TPSA) is 41.6 Å². The lowest BCUT2D eigenvalue weighted by Gasteiger charge is -2.20. The van der Waals surface area contributed by atoms with E-state index in [-0.39, 0.29) is 12.5 Å². The maximum atomic E-state index is 12.0. The monoisotopic (exact) mass is 326 g/mol. The zero-order valence-corrected chi connectivity index (χ0v) is 14.5. The second-order valence-corrected chi connectivity index (χ2v) is 6.85. The van der Waals surface area contributed by atoms with Crippen LogP contribution in [-0.4, -0.2) is 43.1 Å². The molecule has 2 aromatic rings. The Balaban J connectivity index is 1.43. The average Bonchev–Trinajstić information content (AvgIpc) is 3.07. The van der Waals surface area contributed by atoms with E-state index in [2.05, 4.69) is 30.1 Å². The van der Waals surface area contributed by atoms with Crippen molar-refractivity contribution in [3.8, 4) is 5.75 Å². The molecule has 1 fully saturated rings. The molecule has 128 valence electrons. The Morgan fingerprint density at radius 3 is 2.79 bits per heavy atom. The fraction of sp³-hybridized carbons (Fsp3) is 0.450. The predicted octanol–water partition coefficient (Wildman–Crippen LogP) is 3.07. The number of amides is 1. The molecule has 0 aromatic heterocycles. The summed E-state index contributed by atoms with van der Waals surface area (Å²) in [6.07, 6.45) is 1.16. The van der Waals surface area contributed by atoms with E-state index in [4.69, 9.17) is 4.74 Å². The molecular formula is C20H26N2O2. The number of fused-ring (bicyclic) bond motifs is 1. The number of nitrogens with zero attached hydrogens (tertiary/aromatic N) is 1. The van der Waals surface area contributed by atoms with Crippen molar-refractivity contribution < 1.29 is 9.53 Å². The molecule has 3 rings (SSSR count). The number of carbonyl (C=O) groups is 1.